The van der Waals surface area contributed by atoms with Gasteiger partial charge in [-0.1, -0.05) is 18.2 Å². The van der Waals surface area contributed by atoms with Crippen LogP contribution in [-0.4, -0.2) is 33.4 Å². The molecule has 1 heterocycles. The summed E-state index contributed by atoms with van der Waals surface area (Å²) in [4.78, 5) is 2.24. The average Bonchev–Trinajstić information content (AvgIpc) is 2.60. The fourth-order valence-electron chi connectivity index (χ4n) is 3.26. The molecule has 0 aliphatic carbocycles. The summed E-state index contributed by atoms with van der Waals surface area (Å²) in [5.41, 5.74) is 2.11. The Kier molecular flexibility index (Phi) is 4.42. The third-order valence-electron chi connectivity index (χ3n) is 4.54. The molecule has 0 radical (unpaired) electrons. The highest BCUT2D eigenvalue weighted by molar-refractivity contribution is 5.34. The molecule has 3 heteroatoms. The summed E-state index contributed by atoms with van der Waals surface area (Å²) in [6.07, 6.45) is 3.38. The molecule has 0 fully saturated rings. The minimum absolute atomic E-state index is 0.162. The third kappa shape index (κ3) is 3.21. The second kappa shape index (κ2) is 5.71. The van der Waals surface area contributed by atoms with Crippen molar-refractivity contribution in [1.82, 2.24) is 4.90 Å². The van der Waals surface area contributed by atoms with Crippen molar-refractivity contribution < 1.29 is 9.84 Å². The van der Waals surface area contributed by atoms with Crippen LogP contribution in [0.3, 0.4) is 0 Å². The van der Waals surface area contributed by atoms with Gasteiger partial charge in [0.25, 0.3) is 0 Å². The Morgan fingerprint density at radius 1 is 1.00 bits per heavy atom. The van der Waals surface area contributed by atoms with Crippen molar-refractivity contribution in [3.63, 3.8) is 0 Å². The zero-order valence-corrected chi connectivity index (χ0v) is 14.8. The van der Waals surface area contributed by atoms with Crippen LogP contribution in [0.5, 0.6) is 5.75 Å². The van der Waals surface area contributed by atoms with E-state index in [0.29, 0.717) is 0 Å². The summed E-state index contributed by atoms with van der Waals surface area (Å²) in [6, 6.07) is 6.07. The Labute approximate surface area is 134 Å². The van der Waals surface area contributed by atoms with Crippen molar-refractivity contribution >= 4 is 0 Å². The van der Waals surface area contributed by atoms with E-state index in [9.17, 15) is 5.11 Å². The lowest BCUT2D eigenvalue weighted by atomic mass is 10.00. The zero-order chi connectivity index (χ0) is 16.7. The molecule has 1 N–H and O–H groups in total. The number of benzene rings is 1. The molecule has 0 bridgehead atoms. The van der Waals surface area contributed by atoms with E-state index in [2.05, 4.69) is 64.7 Å². The van der Waals surface area contributed by atoms with Gasteiger partial charge in [-0.3, -0.25) is 0 Å². The van der Waals surface area contributed by atoms with Crippen molar-refractivity contribution in [2.75, 3.05) is 0 Å². The Morgan fingerprint density at radius 3 is 2.00 bits per heavy atom. The molecule has 122 valence electrons. The number of nitrogens with zero attached hydrogens (tertiary/aromatic N) is 1. The number of ether oxygens (including phenoxy) is 1. The molecule has 1 aromatic rings. The van der Waals surface area contributed by atoms with E-state index >= 15 is 0 Å². The molecule has 2 unspecified atom stereocenters. The number of hydrogen-bond donors (Lipinski definition) is 1. The highest BCUT2D eigenvalue weighted by Gasteiger charge is 2.46. The van der Waals surface area contributed by atoms with Crippen LogP contribution in [-0.2, 0) is 0 Å². The normalized spacial score (nSPS) is 22.5. The molecular weight excluding hydrogens is 274 g/mol. The summed E-state index contributed by atoms with van der Waals surface area (Å²) in [7, 11) is 0. The van der Waals surface area contributed by atoms with E-state index in [1.807, 2.05) is 12.1 Å². The lowest BCUT2D eigenvalue weighted by Gasteiger charge is -2.46. The van der Waals surface area contributed by atoms with Crippen molar-refractivity contribution in [3.05, 3.63) is 41.5 Å². The van der Waals surface area contributed by atoms with E-state index in [-0.39, 0.29) is 11.1 Å². The quantitative estimate of drug-likeness (QED) is 0.858. The first-order valence-electron chi connectivity index (χ1n) is 7.96. The van der Waals surface area contributed by atoms with Gasteiger partial charge in [-0.25, -0.2) is 4.90 Å². The predicted octanol–water partition coefficient (Wildman–Crippen LogP) is 3.82. The maximum atomic E-state index is 10.3. The number of aliphatic hydroxyl groups excluding tert-OH is 1. The topological polar surface area (TPSA) is 32.7 Å². The van der Waals surface area contributed by atoms with Gasteiger partial charge in [-0.15, -0.1) is 0 Å². The van der Waals surface area contributed by atoms with Crippen LogP contribution in [0, 0.1) is 13.8 Å². The van der Waals surface area contributed by atoms with Crippen LogP contribution < -0.4 is 4.74 Å². The van der Waals surface area contributed by atoms with Gasteiger partial charge in [0.1, 0.15) is 11.9 Å². The fourth-order valence-corrected chi connectivity index (χ4v) is 3.26. The van der Waals surface area contributed by atoms with Crippen LogP contribution in [0.15, 0.2) is 30.4 Å². The number of aliphatic hydroxyl groups is 1. The van der Waals surface area contributed by atoms with Crippen molar-refractivity contribution in [2.24, 2.45) is 0 Å². The first kappa shape index (κ1) is 17.0. The monoisotopic (exact) mass is 303 g/mol. The van der Waals surface area contributed by atoms with Crippen molar-refractivity contribution in [1.29, 1.82) is 0 Å². The molecule has 0 spiro atoms. The number of rotatable bonds is 4. The molecule has 2 atom stereocenters. The minimum atomic E-state index is -0.597. The van der Waals surface area contributed by atoms with Gasteiger partial charge in [0.2, 0.25) is 0 Å². The molecule has 22 heavy (non-hydrogen) atoms. The smallest absolute Gasteiger partial charge is 0.179 e. The van der Waals surface area contributed by atoms with E-state index in [4.69, 9.17) is 4.74 Å². The lowest BCUT2D eigenvalue weighted by Crippen LogP contribution is -2.60. The van der Waals surface area contributed by atoms with E-state index in [1.165, 1.54) is 11.1 Å². The van der Waals surface area contributed by atoms with Gasteiger partial charge >= 0.3 is 0 Å². The second-order valence-electron chi connectivity index (χ2n) is 7.51. The first-order valence-corrected chi connectivity index (χ1v) is 7.96. The predicted molar refractivity (Wildman–Crippen MR) is 91.1 cm³/mol. The van der Waals surface area contributed by atoms with E-state index < -0.39 is 12.3 Å². The highest BCUT2D eigenvalue weighted by atomic mass is 16.5. The zero-order valence-electron chi connectivity index (χ0n) is 14.8. The third-order valence-corrected chi connectivity index (χ3v) is 4.54. The van der Waals surface area contributed by atoms with Crippen LogP contribution in [0.2, 0.25) is 0 Å². The number of hydrogen-bond acceptors (Lipinski definition) is 3. The van der Waals surface area contributed by atoms with Crippen molar-refractivity contribution in [3.8, 4) is 5.75 Å². The van der Waals surface area contributed by atoms with Gasteiger partial charge in [-0.2, -0.15) is 0 Å². The maximum Gasteiger partial charge on any atom is 0.179 e. The number of aryl methyl sites for hydroxylation is 2. The highest BCUT2D eigenvalue weighted by Crippen LogP contribution is 2.38. The van der Waals surface area contributed by atoms with Crippen LogP contribution in [0.4, 0.5) is 0 Å². The molecular formula is C19H29NO2. The van der Waals surface area contributed by atoms with Gasteiger partial charge in [0, 0.05) is 11.1 Å². The lowest BCUT2D eigenvalue weighted by molar-refractivity contribution is -0.113. The molecule has 0 aromatic heterocycles. The Morgan fingerprint density at radius 2 is 1.55 bits per heavy atom. The van der Waals surface area contributed by atoms with Gasteiger partial charge in [-0.05, 0) is 71.7 Å². The Bertz CT molecular complexity index is 555. The Balaban J connectivity index is 2.33. The fraction of sp³-hybridized carbons (Fsp3) is 0.579. The van der Waals surface area contributed by atoms with Crippen molar-refractivity contribution in [2.45, 2.75) is 71.9 Å². The molecule has 0 saturated heterocycles. The Hall–Kier alpha value is -1.32. The van der Waals surface area contributed by atoms with Gasteiger partial charge in [0.15, 0.2) is 6.23 Å². The molecule has 0 saturated carbocycles. The molecule has 3 nitrogen and oxygen atoms in total. The van der Waals surface area contributed by atoms with Crippen LogP contribution in [0.1, 0.15) is 45.7 Å². The first-order chi connectivity index (χ1) is 10.0. The van der Waals surface area contributed by atoms with Crippen LogP contribution in [0.25, 0.3) is 0 Å². The summed E-state index contributed by atoms with van der Waals surface area (Å²) in [5.74, 6) is 0.799. The van der Waals surface area contributed by atoms with Crippen LogP contribution >= 0.6 is 0 Å². The SMILES string of the molecule is Cc1ccc(OC(C(C)O)N2C(C)(C)C=CC2(C)C)cc1C. The molecule has 1 aliphatic heterocycles. The standard InChI is InChI=1S/C19H29NO2/c1-13-8-9-16(12-14(13)2)22-17(15(3)21)20-18(4,5)10-11-19(20,6)7/h8-12,15,17,21H,1-7H3. The van der Waals surface area contributed by atoms with E-state index in [0.717, 1.165) is 5.75 Å². The largest absolute Gasteiger partial charge is 0.472 e. The van der Waals surface area contributed by atoms with Gasteiger partial charge in [0.05, 0.1) is 0 Å². The maximum absolute atomic E-state index is 10.3. The molecule has 2 rings (SSSR count). The van der Waals surface area contributed by atoms with Gasteiger partial charge < -0.3 is 9.84 Å². The molecule has 1 aliphatic rings. The summed E-state index contributed by atoms with van der Waals surface area (Å²) in [5, 5.41) is 10.3. The molecule has 1 aromatic carbocycles. The average molecular weight is 303 g/mol. The second-order valence-corrected chi connectivity index (χ2v) is 7.51. The summed E-state index contributed by atoms with van der Waals surface area (Å²) >= 11 is 0. The minimum Gasteiger partial charge on any atom is -0.472 e. The van der Waals surface area contributed by atoms with E-state index in [1.54, 1.807) is 6.92 Å². The molecule has 0 amide bonds. The summed E-state index contributed by atoms with van der Waals surface area (Å²) in [6.45, 7) is 14.5. The summed E-state index contributed by atoms with van der Waals surface area (Å²) < 4.78 is 6.20.